The second-order valence-corrected chi connectivity index (χ2v) is 3.08. The molecule has 0 bridgehead atoms. The Kier molecular flexibility index (Phi) is 1.71. The maximum atomic E-state index is 5.39. The number of anilines is 1. The van der Waals surface area contributed by atoms with Gasteiger partial charge < -0.3 is 5.73 Å². The quantitative estimate of drug-likeness (QED) is 0.712. The molecule has 0 aliphatic heterocycles. The number of nitrogens with two attached hydrogens (primary N) is 1. The Balaban J connectivity index is 2.43. The number of rotatable bonds is 1. The molecule has 0 amide bonds. The zero-order chi connectivity index (χ0) is 8.39. The van der Waals surface area contributed by atoms with Crippen LogP contribution in [0, 0.1) is 0 Å². The summed E-state index contributed by atoms with van der Waals surface area (Å²) in [4.78, 5) is 4.09. The van der Waals surface area contributed by atoms with E-state index in [1.807, 2.05) is 5.38 Å². The summed E-state index contributed by atoms with van der Waals surface area (Å²) in [6.45, 7) is 0. The highest BCUT2D eigenvalue weighted by molar-refractivity contribution is 7.13. The first-order valence-corrected chi connectivity index (χ1v) is 4.23. The number of nitrogen functional groups attached to an aromatic ring is 1. The fraction of sp³-hybridized carbons (Fsp3) is 0. The van der Waals surface area contributed by atoms with E-state index in [2.05, 4.69) is 15.2 Å². The Morgan fingerprint density at radius 2 is 2.17 bits per heavy atom. The van der Waals surface area contributed by atoms with Gasteiger partial charge in [0.15, 0.2) is 0 Å². The summed E-state index contributed by atoms with van der Waals surface area (Å²) in [5, 5.41) is 10.4. The Morgan fingerprint density at radius 1 is 1.25 bits per heavy atom. The maximum Gasteiger partial charge on any atom is 0.146 e. The van der Waals surface area contributed by atoms with Crippen LogP contribution in [0.3, 0.4) is 0 Å². The Hall–Kier alpha value is -1.49. The highest BCUT2D eigenvalue weighted by atomic mass is 32.1. The summed E-state index contributed by atoms with van der Waals surface area (Å²) >= 11 is 1.53. The standard InChI is InChI=1S/C7H6N4S/c8-6-2-1-5(10-11-6)7-9-3-4-12-7/h1-4H,(H2,8,11). The minimum absolute atomic E-state index is 0.426. The zero-order valence-electron chi connectivity index (χ0n) is 6.14. The predicted molar refractivity (Wildman–Crippen MR) is 47.6 cm³/mol. The van der Waals surface area contributed by atoms with Crippen LogP contribution in [0.2, 0.25) is 0 Å². The summed E-state index contributed by atoms with van der Waals surface area (Å²) < 4.78 is 0. The van der Waals surface area contributed by atoms with Crippen molar-refractivity contribution < 1.29 is 0 Å². The summed E-state index contributed by atoms with van der Waals surface area (Å²) in [5.74, 6) is 0.426. The summed E-state index contributed by atoms with van der Waals surface area (Å²) in [6.07, 6.45) is 1.73. The van der Waals surface area contributed by atoms with Gasteiger partial charge >= 0.3 is 0 Å². The lowest BCUT2D eigenvalue weighted by Gasteiger charge is -1.93. The van der Waals surface area contributed by atoms with Crippen LogP contribution < -0.4 is 5.73 Å². The number of hydrogen-bond acceptors (Lipinski definition) is 5. The minimum Gasteiger partial charge on any atom is -0.382 e. The van der Waals surface area contributed by atoms with Crippen molar-refractivity contribution in [1.29, 1.82) is 0 Å². The van der Waals surface area contributed by atoms with Crippen molar-refractivity contribution in [3.05, 3.63) is 23.7 Å². The van der Waals surface area contributed by atoms with Crippen molar-refractivity contribution in [2.24, 2.45) is 0 Å². The molecule has 0 aromatic carbocycles. The van der Waals surface area contributed by atoms with Gasteiger partial charge in [-0.1, -0.05) is 0 Å². The van der Waals surface area contributed by atoms with Gasteiger partial charge in [-0.2, -0.15) is 0 Å². The molecule has 4 nitrogen and oxygen atoms in total. The van der Waals surface area contributed by atoms with E-state index in [1.54, 1.807) is 18.3 Å². The van der Waals surface area contributed by atoms with Crippen LogP contribution in [0.15, 0.2) is 23.7 Å². The first-order valence-electron chi connectivity index (χ1n) is 3.35. The third-order valence-electron chi connectivity index (χ3n) is 1.34. The third kappa shape index (κ3) is 1.26. The van der Waals surface area contributed by atoms with Crippen molar-refractivity contribution in [2.45, 2.75) is 0 Å². The summed E-state index contributed by atoms with van der Waals surface area (Å²) in [7, 11) is 0. The molecule has 2 aromatic rings. The summed E-state index contributed by atoms with van der Waals surface area (Å²) in [5.41, 5.74) is 6.15. The molecule has 0 atom stereocenters. The molecule has 0 saturated heterocycles. The van der Waals surface area contributed by atoms with E-state index in [0.717, 1.165) is 10.7 Å². The molecule has 2 N–H and O–H groups in total. The first-order chi connectivity index (χ1) is 5.86. The van der Waals surface area contributed by atoms with Gasteiger partial charge in [-0.15, -0.1) is 21.5 Å². The number of nitrogens with zero attached hydrogens (tertiary/aromatic N) is 3. The highest BCUT2D eigenvalue weighted by Gasteiger charge is 2.00. The summed E-state index contributed by atoms with van der Waals surface area (Å²) in [6, 6.07) is 3.52. The molecule has 0 saturated carbocycles. The molecule has 60 valence electrons. The van der Waals surface area contributed by atoms with Crippen molar-refractivity contribution in [2.75, 3.05) is 5.73 Å². The van der Waals surface area contributed by atoms with Crippen LogP contribution in [0.4, 0.5) is 5.82 Å². The average molecular weight is 178 g/mol. The van der Waals surface area contributed by atoms with Gasteiger partial charge in [0.25, 0.3) is 0 Å². The highest BCUT2D eigenvalue weighted by Crippen LogP contribution is 2.18. The monoisotopic (exact) mass is 178 g/mol. The lowest BCUT2D eigenvalue weighted by atomic mass is 10.4. The first kappa shape index (κ1) is 7.17. The topological polar surface area (TPSA) is 64.7 Å². The minimum atomic E-state index is 0.426. The molecule has 0 aliphatic rings. The fourth-order valence-corrected chi connectivity index (χ4v) is 1.41. The van der Waals surface area contributed by atoms with Crippen molar-refractivity contribution in [3.63, 3.8) is 0 Å². The van der Waals surface area contributed by atoms with Gasteiger partial charge in [0, 0.05) is 11.6 Å². The zero-order valence-corrected chi connectivity index (χ0v) is 6.95. The molecule has 0 fully saturated rings. The van der Waals surface area contributed by atoms with Crippen molar-refractivity contribution >= 4 is 17.2 Å². The lowest BCUT2D eigenvalue weighted by Crippen LogP contribution is -1.93. The SMILES string of the molecule is Nc1ccc(-c2nccs2)nn1. The van der Waals surface area contributed by atoms with E-state index < -0.39 is 0 Å². The number of hydrogen-bond donors (Lipinski definition) is 1. The van der Waals surface area contributed by atoms with Crippen LogP contribution >= 0.6 is 11.3 Å². The van der Waals surface area contributed by atoms with E-state index in [4.69, 9.17) is 5.73 Å². The molecule has 5 heteroatoms. The van der Waals surface area contributed by atoms with Gasteiger partial charge in [-0.25, -0.2) is 4.98 Å². The smallest absolute Gasteiger partial charge is 0.146 e. The largest absolute Gasteiger partial charge is 0.382 e. The average Bonchev–Trinajstić information content (AvgIpc) is 2.58. The van der Waals surface area contributed by atoms with Crippen LogP contribution in [0.25, 0.3) is 10.7 Å². The second-order valence-electron chi connectivity index (χ2n) is 2.18. The molecule has 0 aliphatic carbocycles. The van der Waals surface area contributed by atoms with Gasteiger partial charge in [0.2, 0.25) is 0 Å². The van der Waals surface area contributed by atoms with E-state index in [0.29, 0.717) is 5.82 Å². The molecule has 2 aromatic heterocycles. The maximum absolute atomic E-state index is 5.39. The van der Waals surface area contributed by atoms with Crippen LogP contribution in [-0.2, 0) is 0 Å². The van der Waals surface area contributed by atoms with Gasteiger partial charge in [0.05, 0.1) is 0 Å². The predicted octanol–water partition coefficient (Wildman–Crippen LogP) is 1.18. The van der Waals surface area contributed by atoms with Gasteiger partial charge in [-0.3, -0.25) is 0 Å². The van der Waals surface area contributed by atoms with E-state index >= 15 is 0 Å². The van der Waals surface area contributed by atoms with E-state index in [1.165, 1.54) is 11.3 Å². The van der Waals surface area contributed by atoms with E-state index in [-0.39, 0.29) is 0 Å². The Labute approximate surface area is 73.1 Å². The third-order valence-corrected chi connectivity index (χ3v) is 2.13. The van der Waals surface area contributed by atoms with Crippen LogP contribution in [0.1, 0.15) is 0 Å². The normalized spacial score (nSPS) is 10.0. The molecule has 12 heavy (non-hydrogen) atoms. The van der Waals surface area contributed by atoms with E-state index in [9.17, 15) is 0 Å². The Morgan fingerprint density at radius 3 is 2.75 bits per heavy atom. The Bertz CT molecular complexity index is 353. The van der Waals surface area contributed by atoms with Crippen molar-refractivity contribution in [3.8, 4) is 10.7 Å². The molecule has 2 rings (SSSR count). The fourth-order valence-electron chi connectivity index (χ4n) is 0.807. The number of thiazole rings is 1. The second kappa shape index (κ2) is 2.86. The molecule has 0 spiro atoms. The molecular weight excluding hydrogens is 172 g/mol. The molecule has 0 radical (unpaired) electrons. The number of aromatic nitrogens is 3. The molecule has 0 unspecified atom stereocenters. The van der Waals surface area contributed by atoms with Gasteiger partial charge in [0.1, 0.15) is 16.5 Å². The van der Waals surface area contributed by atoms with Gasteiger partial charge in [-0.05, 0) is 12.1 Å². The lowest BCUT2D eigenvalue weighted by molar-refractivity contribution is 1.05. The van der Waals surface area contributed by atoms with Crippen molar-refractivity contribution in [1.82, 2.24) is 15.2 Å². The van der Waals surface area contributed by atoms with Crippen LogP contribution in [-0.4, -0.2) is 15.2 Å². The van der Waals surface area contributed by atoms with Crippen LogP contribution in [0.5, 0.6) is 0 Å². The molecule has 2 heterocycles. The molecular formula is C7H6N4S.